The molecule has 0 spiro atoms. The second kappa shape index (κ2) is 6.85. The molecule has 0 heterocycles. The number of nitro benzene ring substituents is 1. The minimum atomic E-state index is -0.366. The van der Waals surface area contributed by atoms with E-state index in [1.807, 2.05) is 32.3 Å². The SMILES string of the molecule is CN(C)C(CNc1ccccc1[N+](=O)[O-])c1ccccc1. The van der Waals surface area contributed by atoms with E-state index in [1.165, 1.54) is 11.6 Å². The number of benzene rings is 2. The summed E-state index contributed by atoms with van der Waals surface area (Å²) >= 11 is 0. The summed E-state index contributed by atoms with van der Waals surface area (Å²) < 4.78 is 0. The molecule has 21 heavy (non-hydrogen) atoms. The number of rotatable bonds is 6. The van der Waals surface area contributed by atoms with E-state index in [1.54, 1.807) is 18.2 Å². The van der Waals surface area contributed by atoms with Gasteiger partial charge < -0.3 is 10.2 Å². The van der Waals surface area contributed by atoms with Gasteiger partial charge in [-0.1, -0.05) is 42.5 Å². The zero-order chi connectivity index (χ0) is 15.2. The fraction of sp³-hybridized carbons (Fsp3) is 0.250. The third kappa shape index (κ3) is 3.79. The molecule has 110 valence electrons. The molecule has 2 aromatic rings. The van der Waals surface area contributed by atoms with Gasteiger partial charge >= 0.3 is 0 Å². The van der Waals surface area contributed by atoms with Crippen LogP contribution >= 0.6 is 0 Å². The van der Waals surface area contributed by atoms with Crippen molar-refractivity contribution >= 4 is 11.4 Å². The van der Waals surface area contributed by atoms with Crippen molar-refractivity contribution in [2.75, 3.05) is 26.0 Å². The van der Waals surface area contributed by atoms with Crippen LogP contribution in [0.2, 0.25) is 0 Å². The summed E-state index contributed by atoms with van der Waals surface area (Å²) in [5.41, 5.74) is 1.82. The highest BCUT2D eigenvalue weighted by Crippen LogP contribution is 2.25. The number of nitrogens with zero attached hydrogens (tertiary/aromatic N) is 2. The maximum absolute atomic E-state index is 11.0. The Bertz CT molecular complexity index is 599. The van der Waals surface area contributed by atoms with E-state index in [0.29, 0.717) is 12.2 Å². The molecule has 1 atom stereocenters. The molecule has 0 saturated heterocycles. The maximum Gasteiger partial charge on any atom is 0.292 e. The molecule has 0 fully saturated rings. The fourth-order valence-electron chi connectivity index (χ4n) is 2.26. The van der Waals surface area contributed by atoms with Gasteiger partial charge in [-0.2, -0.15) is 0 Å². The molecule has 0 aliphatic carbocycles. The average Bonchev–Trinajstić information content (AvgIpc) is 2.48. The predicted molar refractivity (Wildman–Crippen MR) is 84.5 cm³/mol. The first-order valence-corrected chi connectivity index (χ1v) is 6.78. The van der Waals surface area contributed by atoms with Crippen LogP contribution in [-0.4, -0.2) is 30.5 Å². The lowest BCUT2D eigenvalue weighted by Gasteiger charge is -2.25. The van der Waals surface area contributed by atoms with Crippen molar-refractivity contribution in [1.29, 1.82) is 0 Å². The number of hydrogen-bond donors (Lipinski definition) is 1. The Morgan fingerprint density at radius 1 is 1.10 bits per heavy atom. The average molecular weight is 285 g/mol. The number of nitro groups is 1. The van der Waals surface area contributed by atoms with Gasteiger partial charge in [0.05, 0.1) is 11.0 Å². The first-order valence-electron chi connectivity index (χ1n) is 6.78. The van der Waals surface area contributed by atoms with Gasteiger partial charge in [-0.15, -0.1) is 0 Å². The third-order valence-corrected chi connectivity index (χ3v) is 3.39. The highest BCUT2D eigenvalue weighted by Gasteiger charge is 2.17. The first kappa shape index (κ1) is 15.0. The highest BCUT2D eigenvalue weighted by molar-refractivity contribution is 5.61. The summed E-state index contributed by atoms with van der Waals surface area (Å²) in [6.45, 7) is 0.599. The van der Waals surface area contributed by atoms with E-state index in [-0.39, 0.29) is 16.7 Å². The molecule has 0 aromatic heterocycles. The molecule has 5 heteroatoms. The zero-order valence-electron chi connectivity index (χ0n) is 12.2. The molecule has 1 N–H and O–H groups in total. The van der Waals surface area contributed by atoms with Crippen LogP contribution in [0, 0.1) is 10.1 Å². The molecule has 2 aromatic carbocycles. The van der Waals surface area contributed by atoms with E-state index in [9.17, 15) is 10.1 Å². The van der Waals surface area contributed by atoms with Crippen molar-refractivity contribution in [1.82, 2.24) is 4.90 Å². The monoisotopic (exact) mass is 285 g/mol. The molecule has 5 nitrogen and oxygen atoms in total. The topological polar surface area (TPSA) is 58.4 Å². The summed E-state index contributed by atoms with van der Waals surface area (Å²) in [4.78, 5) is 12.8. The quantitative estimate of drug-likeness (QED) is 0.653. The van der Waals surface area contributed by atoms with Crippen molar-refractivity contribution in [2.24, 2.45) is 0 Å². The molecule has 0 saturated carbocycles. The van der Waals surface area contributed by atoms with Gasteiger partial charge in [-0.3, -0.25) is 10.1 Å². The van der Waals surface area contributed by atoms with Crippen LogP contribution in [0.15, 0.2) is 54.6 Å². The zero-order valence-corrected chi connectivity index (χ0v) is 12.2. The molecular weight excluding hydrogens is 266 g/mol. The first-order chi connectivity index (χ1) is 10.1. The van der Waals surface area contributed by atoms with Gasteiger partial charge in [0.2, 0.25) is 0 Å². The fourth-order valence-corrected chi connectivity index (χ4v) is 2.26. The lowest BCUT2D eigenvalue weighted by Crippen LogP contribution is -2.27. The maximum atomic E-state index is 11.0. The van der Waals surface area contributed by atoms with Crippen LogP contribution < -0.4 is 5.32 Å². The van der Waals surface area contributed by atoms with Crippen LogP contribution in [0.25, 0.3) is 0 Å². The van der Waals surface area contributed by atoms with Crippen LogP contribution in [0.3, 0.4) is 0 Å². The van der Waals surface area contributed by atoms with Crippen LogP contribution in [0.4, 0.5) is 11.4 Å². The summed E-state index contributed by atoms with van der Waals surface area (Å²) in [5, 5.41) is 14.2. The van der Waals surface area contributed by atoms with Gasteiger partial charge in [0, 0.05) is 12.6 Å². The summed E-state index contributed by atoms with van der Waals surface area (Å²) in [5.74, 6) is 0. The van der Waals surface area contributed by atoms with Crippen molar-refractivity contribution in [3.8, 4) is 0 Å². The summed E-state index contributed by atoms with van der Waals surface area (Å²) in [6.07, 6.45) is 0. The lowest BCUT2D eigenvalue weighted by atomic mass is 10.1. The van der Waals surface area contributed by atoms with Crippen LogP contribution in [0.1, 0.15) is 11.6 Å². The van der Waals surface area contributed by atoms with Gasteiger partial charge in [-0.05, 0) is 25.7 Å². The number of hydrogen-bond acceptors (Lipinski definition) is 4. The number of likely N-dealkylation sites (N-methyl/N-ethyl adjacent to an activating group) is 1. The Hall–Kier alpha value is -2.40. The predicted octanol–water partition coefficient (Wildman–Crippen LogP) is 3.31. The Morgan fingerprint density at radius 2 is 1.71 bits per heavy atom. The molecule has 0 aliphatic rings. The van der Waals surface area contributed by atoms with E-state index < -0.39 is 0 Å². The minimum Gasteiger partial charge on any atom is -0.378 e. The molecule has 1 unspecified atom stereocenters. The van der Waals surface area contributed by atoms with E-state index >= 15 is 0 Å². The normalized spacial score (nSPS) is 12.1. The Labute approximate surface area is 124 Å². The number of anilines is 1. The number of para-hydroxylation sites is 2. The molecule has 2 rings (SSSR count). The van der Waals surface area contributed by atoms with Gasteiger partial charge in [0.25, 0.3) is 5.69 Å². The van der Waals surface area contributed by atoms with Gasteiger partial charge in [0.1, 0.15) is 5.69 Å². The van der Waals surface area contributed by atoms with Crippen molar-refractivity contribution < 1.29 is 4.92 Å². The van der Waals surface area contributed by atoms with Gasteiger partial charge in [0.15, 0.2) is 0 Å². The van der Waals surface area contributed by atoms with Crippen LogP contribution in [0.5, 0.6) is 0 Å². The van der Waals surface area contributed by atoms with Crippen molar-refractivity contribution in [3.05, 3.63) is 70.3 Å². The van der Waals surface area contributed by atoms with Gasteiger partial charge in [-0.25, -0.2) is 0 Å². The molecule has 0 aliphatic heterocycles. The molecular formula is C16H19N3O2. The molecule has 0 radical (unpaired) electrons. The van der Waals surface area contributed by atoms with E-state index in [2.05, 4.69) is 22.3 Å². The Morgan fingerprint density at radius 3 is 2.33 bits per heavy atom. The largest absolute Gasteiger partial charge is 0.378 e. The Kier molecular flexibility index (Phi) is 4.90. The lowest BCUT2D eigenvalue weighted by molar-refractivity contribution is -0.384. The van der Waals surface area contributed by atoms with E-state index in [0.717, 1.165) is 0 Å². The summed E-state index contributed by atoms with van der Waals surface area (Å²) in [6, 6.07) is 16.9. The van der Waals surface area contributed by atoms with E-state index in [4.69, 9.17) is 0 Å². The van der Waals surface area contributed by atoms with Crippen LogP contribution in [-0.2, 0) is 0 Å². The Balaban J connectivity index is 2.15. The summed E-state index contributed by atoms with van der Waals surface area (Å²) in [7, 11) is 4.00. The third-order valence-electron chi connectivity index (χ3n) is 3.39. The standard InChI is InChI=1S/C16H19N3O2/c1-18(2)16(13-8-4-3-5-9-13)12-17-14-10-6-7-11-15(14)19(20)21/h3-11,16-17H,12H2,1-2H3. The van der Waals surface area contributed by atoms with Crippen molar-refractivity contribution in [3.63, 3.8) is 0 Å². The minimum absolute atomic E-state index is 0.100. The smallest absolute Gasteiger partial charge is 0.292 e. The molecule has 0 amide bonds. The molecule has 0 bridgehead atoms. The highest BCUT2D eigenvalue weighted by atomic mass is 16.6. The second-order valence-corrected chi connectivity index (χ2v) is 5.05. The number of nitrogens with one attached hydrogen (secondary N) is 1. The van der Waals surface area contributed by atoms with Crippen molar-refractivity contribution in [2.45, 2.75) is 6.04 Å². The second-order valence-electron chi connectivity index (χ2n) is 5.05.